The van der Waals surface area contributed by atoms with E-state index in [0.29, 0.717) is 25.7 Å². The Morgan fingerprint density at radius 3 is 2.46 bits per heavy atom. The lowest BCUT2D eigenvalue weighted by Crippen LogP contribution is -2.42. The number of nitrogens with one attached hydrogen (secondary N) is 1. The fraction of sp³-hybridized carbons (Fsp3) is 0.484. The molecule has 8 heteroatoms. The predicted octanol–water partition coefficient (Wildman–Crippen LogP) is 4.90. The lowest BCUT2D eigenvalue weighted by molar-refractivity contribution is -0.128. The van der Waals surface area contributed by atoms with Crippen molar-refractivity contribution in [1.82, 2.24) is 4.98 Å². The molecular weight excluding hydrogens is 500 g/mol. The standard InChI is InChI=1S/C31H39F2N3O3/c32-22-7-8-26(33)20(15-22)16-23(34)18-24(37)9-13-31(11-3-4-12-31)14-10-29(38)30(39)27(35)17-21-19-36-28-6-2-1-5-25(21)28/h1-2,5-8,15,19,23,27,30,36,39H,3-4,9-14,16-18,34-35H2. The van der Waals surface area contributed by atoms with Gasteiger partial charge in [0.15, 0.2) is 5.78 Å². The Bertz CT molecular complexity index is 1290. The Labute approximate surface area is 228 Å². The van der Waals surface area contributed by atoms with Crippen LogP contribution in [0.4, 0.5) is 8.78 Å². The minimum Gasteiger partial charge on any atom is -0.384 e. The van der Waals surface area contributed by atoms with E-state index in [9.17, 15) is 23.5 Å². The van der Waals surface area contributed by atoms with Crippen LogP contribution in [0.15, 0.2) is 48.7 Å². The number of carbonyl (C=O) groups excluding carboxylic acids is 2. The van der Waals surface area contributed by atoms with E-state index in [-0.39, 0.29) is 41.8 Å². The van der Waals surface area contributed by atoms with Gasteiger partial charge in [-0.3, -0.25) is 9.59 Å². The fourth-order valence-corrected chi connectivity index (χ4v) is 6.04. The summed E-state index contributed by atoms with van der Waals surface area (Å²) in [5.74, 6) is -1.35. The maximum absolute atomic E-state index is 13.9. The van der Waals surface area contributed by atoms with E-state index < -0.39 is 29.8 Å². The molecule has 39 heavy (non-hydrogen) atoms. The van der Waals surface area contributed by atoms with Crippen molar-refractivity contribution in [2.24, 2.45) is 16.9 Å². The third-order valence-electron chi connectivity index (χ3n) is 8.35. The van der Waals surface area contributed by atoms with Gasteiger partial charge in [-0.25, -0.2) is 8.78 Å². The van der Waals surface area contributed by atoms with Crippen LogP contribution in [0, 0.1) is 17.0 Å². The number of Topliss-reactive ketones (excluding diaryl/α,β-unsaturated/α-hetero) is 2. The molecule has 6 N–H and O–H groups in total. The molecule has 1 saturated carbocycles. The molecule has 0 bridgehead atoms. The summed E-state index contributed by atoms with van der Waals surface area (Å²) in [4.78, 5) is 28.8. The quantitative estimate of drug-likeness (QED) is 0.232. The molecule has 1 aliphatic rings. The number of aliphatic hydroxyl groups excluding tert-OH is 1. The van der Waals surface area contributed by atoms with Crippen LogP contribution in [0.5, 0.6) is 0 Å². The molecule has 1 heterocycles. The molecule has 1 aliphatic carbocycles. The van der Waals surface area contributed by atoms with E-state index >= 15 is 0 Å². The van der Waals surface area contributed by atoms with Gasteiger partial charge in [0.2, 0.25) is 0 Å². The second-order valence-electron chi connectivity index (χ2n) is 11.3. The summed E-state index contributed by atoms with van der Waals surface area (Å²) < 4.78 is 27.4. The number of nitrogens with two attached hydrogens (primary N) is 2. The molecule has 3 unspecified atom stereocenters. The van der Waals surface area contributed by atoms with Crippen LogP contribution < -0.4 is 11.5 Å². The third-order valence-corrected chi connectivity index (χ3v) is 8.35. The number of fused-ring (bicyclic) bond motifs is 1. The van der Waals surface area contributed by atoms with Crippen molar-refractivity contribution in [1.29, 1.82) is 0 Å². The Kier molecular flexibility index (Phi) is 9.64. The minimum absolute atomic E-state index is 0.0160. The van der Waals surface area contributed by atoms with E-state index in [1.54, 1.807) is 0 Å². The summed E-state index contributed by atoms with van der Waals surface area (Å²) in [6.07, 6.45) is 6.95. The molecule has 0 amide bonds. The Hall–Kier alpha value is -2.94. The first-order chi connectivity index (χ1) is 18.7. The second kappa shape index (κ2) is 12.9. The summed E-state index contributed by atoms with van der Waals surface area (Å²) in [6.45, 7) is 0. The maximum atomic E-state index is 13.9. The molecule has 0 saturated heterocycles. The predicted molar refractivity (Wildman–Crippen MR) is 148 cm³/mol. The van der Waals surface area contributed by atoms with Gasteiger partial charge in [-0.2, -0.15) is 0 Å². The first kappa shape index (κ1) is 29.1. The third kappa shape index (κ3) is 7.59. The van der Waals surface area contributed by atoms with Gasteiger partial charge in [-0.1, -0.05) is 31.0 Å². The first-order valence-corrected chi connectivity index (χ1v) is 13.9. The molecule has 0 spiro atoms. The lowest BCUT2D eigenvalue weighted by Gasteiger charge is -2.29. The van der Waals surface area contributed by atoms with Crippen LogP contribution in [0.25, 0.3) is 10.9 Å². The van der Waals surface area contributed by atoms with Crippen LogP contribution in [0.2, 0.25) is 0 Å². The number of para-hydroxylation sites is 1. The molecule has 6 nitrogen and oxygen atoms in total. The molecule has 0 aliphatic heterocycles. The van der Waals surface area contributed by atoms with E-state index in [0.717, 1.165) is 60.3 Å². The average Bonchev–Trinajstić information content (AvgIpc) is 3.55. The highest BCUT2D eigenvalue weighted by Gasteiger charge is 2.35. The molecule has 3 atom stereocenters. The zero-order valence-electron chi connectivity index (χ0n) is 22.3. The molecule has 1 aromatic heterocycles. The van der Waals surface area contributed by atoms with Gasteiger partial charge in [0, 0.05) is 48.4 Å². The lowest BCUT2D eigenvalue weighted by atomic mass is 9.76. The number of rotatable bonds is 14. The second-order valence-corrected chi connectivity index (χ2v) is 11.3. The van der Waals surface area contributed by atoms with Crippen LogP contribution in [0.3, 0.4) is 0 Å². The molecule has 3 aromatic rings. The van der Waals surface area contributed by atoms with E-state index in [1.807, 2.05) is 30.5 Å². The fourth-order valence-electron chi connectivity index (χ4n) is 6.04. The monoisotopic (exact) mass is 539 g/mol. The SMILES string of the molecule is NC(CC(=O)CCC1(CCC(=O)C(O)C(N)Cc2c[nH]c3ccccc23)CCCC1)Cc1cc(F)ccc1F. The molecule has 210 valence electrons. The number of hydrogen-bond acceptors (Lipinski definition) is 5. The average molecular weight is 540 g/mol. The number of benzene rings is 2. The largest absolute Gasteiger partial charge is 0.384 e. The van der Waals surface area contributed by atoms with Crippen molar-refractivity contribution in [2.75, 3.05) is 0 Å². The van der Waals surface area contributed by atoms with Gasteiger partial charge in [-0.05, 0) is 79.3 Å². The van der Waals surface area contributed by atoms with Crippen molar-refractivity contribution in [3.63, 3.8) is 0 Å². The van der Waals surface area contributed by atoms with Gasteiger partial charge in [-0.15, -0.1) is 0 Å². The Balaban J connectivity index is 1.26. The van der Waals surface area contributed by atoms with Crippen LogP contribution >= 0.6 is 0 Å². The number of aliphatic hydroxyl groups is 1. The number of ketones is 2. The highest BCUT2D eigenvalue weighted by Crippen LogP contribution is 2.46. The smallest absolute Gasteiger partial charge is 0.162 e. The number of hydrogen-bond donors (Lipinski definition) is 4. The maximum Gasteiger partial charge on any atom is 0.162 e. The molecular formula is C31H39F2N3O3. The van der Waals surface area contributed by atoms with Gasteiger partial charge in [0.05, 0.1) is 0 Å². The number of H-pyrrole nitrogens is 1. The zero-order chi connectivity index (χ0) is 28.0. The van der Waals surface area contributed by atoms with Gasteiger partial charge in [0.25, 0.3) is 0 Å². The van der Waals surface area contributed by atoms with E-state index in [2.05, 4.69) is 4.98 Å². The van der Waals surface area contributed by atoms with E-state index in [4.69, 9.17) is 11.5 Å². The number of halogens is 2. The molecule has 4 rings (SSSR count). The highest BCUT2D eigenvalue weighted by atomic mass is 19.1. The highest BCUT2D eigenvalue weighted by molar-refractivity contribution is 5.85. The number of aromatic amines is 1. The van der Waals surface area contributed by atoms with Crippen LogP contribution in [0.1, 0.15) is 68.9 Å². The van der Waals surface area contributed by atoms with E-state index in [1.165, 1.54) is 0 Å². The zero-order valence-corrected chi connectivity index (χ0v) is 22.3. The summed E-state index contributed by atoms with van der Waals surface area (Å²) in [5, 5.41) is 11.7. The first-order valence-electron chi connectivity index (χ1n) is 13.9. The van der Waals surface area contributed by atoms with Crippen molar-refractivity contribution in [3.8, 4) is 0 Å². The van der Waals surface area contributed by atoms with Gasteiger partial charge >= 0.3 is 0 Å². The number of aromatic nitrogens is 1. The normalized spacial score (nSPS) is 17.3. The van der Waals surface area contributed by atoms with Crippen molar-refractivity contribution in [2.45, 2.75) is 88.8 Å². The van der Waals surface area contributed by atoms with Crippen molar-refractivity contribution in [3.05, 3.63) is 71.4 Å². The summed E-state index contributed by atoms with van der Waals surface area (Å²) >= 11 is 0. The summed E-state index contributed by atoms with van der Waals surface area (Å²) in [7, 11) is 0. The minimum atomic E-state index is -1.25. The molecule has 2 aromatic carbocycles. The topological polar surface area (TPSA) is 122 Å². The van der Waals surface area contributed by atoms with Crippen LogP contribution in [-0.4, -0.2) is 39.8 Å². The van der Waals surface area contributed by atoms with Gasteiger partial charge < -0.3 is 21.6 Å². The Morgan fingerprint density at radius 2 is 1.69 bits per heavy atom. The van der Waals surface area contributed by atoms with Crippen molar-refractivity contribution < 1.29 is 23.5 Å². The number of carbonyl (C=O) groups is 2. The van der Waals surface area contributed by atoms with Gasteiger partial charge in [0.1, 0.15) is 23.5 Å². The summed E-state index contributed by atoms with van der Waals surface area (Å²) in [6, 6.07) is 9.77. The molecule has 0 radical (unpaired) electrons. The van der Waals surface area contributed by atoms with Crippen LogP contribution in [-0.2, 0) is 22.4 Å². The Morgan fingerprint density at radius 1 is 0.974 bits per heavy atom. The van der Waals surface area contributed by atoms with Crippen molar-refractivity contribution >= 4 is 22.5 Å². The summed E-state index contributed by atoms with van der Waals surface area (Å²) in [5.41, 5.74) is 14.3. The molecule has 1 fully saturated rings.